The monoisotopic (exact) mass is 272 g/mol. The van der Waals surface area contributed by atoms with Crippen molar-refractivity contribution in [1.29, 1.82) is 0 Å². The number of halogens is 1. The lowest BCUT2D eigenvalue weighted by Gasteiger charge is -2.26. The molecule has 1 unspecified atom stereocenters. The zero-order valence-corrected chi connectivity index (χ0v) is 11.5. The summed E-state index contributed by atoms with van der Waals surface area (Å²) >= 11 is 7.21. The molecule has 1 fully saturated rings. The minimum atomic E-state index is 0.0915. The molecule has 1 aliphatic heterocycles. The van der Waals surface area contributed by atoms with Gasteiger partial charge in [-0.05, 0) is 44.5 Å². The maximum atomic E-state index is 12.2. The van der Waals surface area contributed by atoms with Crippen LogP contribution >= 0.6 is 22.9 Å². The summed E-state index contributed by atoms with van der Waals surface area (Å²) in [7, 11) is 1.89. The van der Waals surface area contributed by atoms with Gasteiger partial charge < -0.3 is 10.2 Å². The normalized spacial score (nSPS) is 20.9. The van der Waals surface area contributed by atoms with Crippen LogP contribution < -0.4 is 5.32 Å². The van der Waals surface area contributed by atoms with E-state index in [1.165, 1.54) is 11.3 Å². The molecule has 5 heteroatoms. The van der Waals surface area contributed by atoms with Crippen LogP contribution in [-0.4, -0.2) is 37.0 Å². The van der Waals surface area contributed by atoms with Crippen molar-refractivity contribution in [3.63, 3.8) is 0 Å². The summed E-state index contributed by atoms with van der Waals surface area (Å²) in [6.45, 7) is 2.05. The van der Waals surface area contributed by atoms with E-state index in [4.69, 9.17) is 11.6 Å². The predicted molar refractivity (Wildman–Crippen MR) is 71.9 cm³/mol. The molecule has 0 spiro atoms. The Bertz CT molecular complexity index is 386. The van der Waals surface area contributed by atoms with Crippen LogP contribution in [0, 0.1) is 0 Å². The number of rotatable bonds is 2. The average Bonchev–Trinajstić information content (AvgIpc) is 2.60. The van der Waals surface area contributed by atoms with Crippen molar-refractivity contribution in [2.24, 2.45) is 0 Å². The SMILES string of the molecule is CN(C(=O)c1ccc(Cl)s1)C1CCCNCC1. The van der Waals surface area contributed by atoms with Gasteiger partial charge in [-0.3, -0.25) is 4.79 Å². The topological polar surface area (TPSA) is 32.3 Å². The van der Waals surface area contributed by atoms with E-state index in [-0.39, 0.29) is 5.91 Å². The van der Waals surface area contributed by atoms with E-state index in [0.717, 1.165) is 37.2 Å². The van der Waals surface area contributed by atoms with Gasteiger partial charge in [-0.1, -0.05) is 11.6 Å². The van der Waals surface area contributed by atoms with E-state index < -0.39 is 0 Å². The molecule has 3 nitrogen and oxygen atoms in total. The van der Waals surface area contributed by atoms with E-state index in [2.05, 4.69) is 5.32 Å². The zero-order chi connectivity index (χ0) is 12.3. The van der Waals surface area contributed by atoms with Crippen molar-refractivity contribution in [2.75, 3.05) is 20.1 Å². The summed E-state index contributed by atoms with van der Waals surface area (Å²) in [5.41, 5.74) is 0. The first-order valence-corrected chi connectivity index (χ1v) is 7.11. The number of nitrogens with one attached hydrogen (secondary N) is 1. The van der Waals surface area contributed by atoms with Crippen LogP contribution in [0.15, 0.2) is 12.1 Å². The molecule has 1 aromatic rings. The van der Waals surface area contributed by atoms with Crippen molar-refractivity contribution in [3.05, 3.63) is 21.3 Å². The largest absolute Gasteiger partial charge is 0.338 e. The fourth-order valence-corrected chi connectivity index (χ4v) is 3.18. The maximum Gasteiger partial charge on any atom is 0.263 e. The van der Waals surface area contributed by atoms with Gasteiger partial charge in [0, 0.05) is 13.1 Å². The molecule has 0 bridgehead atoms. The van der Waals surface area contributed by atoms with Gasteiger partial charge >= 0.3 is 0 Å². The number of carbonyl (C=O) groups excluding carboxylic acids is 1. The van der Waals surface area contributed by atoms with Crippen LogP contribution in [0.5, 0.6) is 0 Å². The Morgan fingerprint density at radius 2 is 2.29 bits per heavy atom. The van der Waals surface area contributed by atoms with Gasteiger partial charge in [-0.15, -0.1) is 11.3 Å². The minimum Gasteiger partial charge on any atom is -0.338 e. The Balaban J connectivity index is 2.03. The molecule has 0 saturated carbocycles. The van der Waals surface area contributed by atoms with Crippen molar-refractivity contribution in [3.8, 4) is 0 Å². The molecule has 1 N–H and O–H groups in total. The smallest absolute Gasteiger partial charge is 0.263 e. The molecule has 0 aromatic carbocycles. The van der Waals surface area contributed by atoms with Gasteiger partial charge in [0.25, 0.3) is 5.91 Å². The van der Waals surface area contributed by atoms with Crippen molar-refractivity contribution in [1.82, 2.24) is 10.2 Å². The molecule has 1 aromatic heterocycles. The Labute approximate surface area is 111 Å². The van der Waals surface area contributed by atoms with Gasteiger partial charge in [0.15, 0.2) is 0 Å². The second-order valence-electron chi connectivity index (χ2n) is 4.35. The number of amides is 1. The molecule has 1 atom stereocenters. The highest BCUT2D eigenvalue weighted by atomic mass is 35.5. The van der Waals surface area contributed by atoms with Crippen LogP contribution in [-0.2, 0) is 0 Å². The highest BCUT2D eigenvalue weighted by Crippen LogP contribution is 2.24. The van der Waals surface area contributed by atoms with E-state index in [9.17, 15) is 4.79 Å². The van der Waals surface area contributed by atoms with Gasteiger partial charge in [0.1, 0.15) is 0 Å². The first kappa shape index (κ1) is 12.9. The number of thiophene rings is 1. The quantitative estimate of drug-likeness (QED) is 0.898. The second-order valence-corrected chi connectivity index (χ2v) is 6.07. The van der Waals surface area contributed by atoms with E-state index in [1.54, 1.807) is 12.1 Å². The summed E-state index contributed by atoms with van der Waals surface area (Å²) < 4.78 is 0.671. The molecule has 0 aliphatic carbocycles. The molecular weight excluding hydrogens is 256 g/mol. The molecule has 2 rings (SSSR count). The third-order valence-electron chi connectivity index (χ3n) is 3.20. The molecule has 1 aliphatic rings. The van der Waals surface area contributed by atoms with Gasteiger partial charge in [-0.25, -0.2) is 0 Å². The summed E-state index contributed by atoms with van der Waals surface area (Å²) in [6, 6.07) is 3.93. The van der Waals surface area contributed by atoms with Crippen LogP contribution in [0.2, 0.25) is 4.34 Å². The molecular formula is C12H17ClN2OS. The number of hydrogen-bond acceptors (Lipinski definition) is 3. The van der Waals surface area contributed by atoms with Crippen molar-refractivity contribution >= 4 is 28.8 Å². The molecule has 1 saturated heterocycles. The third-order valence-corrected chi connectivity index (χ3v) is 4.42. The lowest BCUT2D eigenvalue weighted by molar-refractivity contribution is 0.0725. The molecule has 0 radical (unpaired) electrons. The van der Waals surface area contributed by atoms with Crippen LogP contribution in [0.1, 0.15) is 28.9 Å². The maximum absolute atomic E-state index is 12.2. The fraction of sp³-hybridized carbons (Fsp3) is 0.583. The fourth-order valence-electron chi connectivity index (χ4n) is 2.16. The molecule has 94 valence electrons. The van der Waals surface area contributed by atoms with Gasteiger partial charge in [0.05, 0.1) is 9.21 Å². The van der Waals surface area contributed by atoms with Crippen LogP contribution in [0.25, 0.3) is 0 Å². The van der Waals surface area contributed by atoms with Crippen LogP contribution in [0.4, 0.5) is 0 Å². The summed E-state index contributed by atoms with van der Waals surface area (Å²) in [5, 5.41) is 3.36. The van der Waals surface area contributed by atoms with E-state index in [1.807, 2.05) is 11.9 Å². The Morgan fingerprint density at radius 1 is 1.47 bits per heavy atom. The molecule has 1 amide bonds. The van der Waals surface area contributed by atoms with Crippen LogP contribution in [0.3, 0.4) is 0 Å². The second kappa shape index (κ2) is 5.85. The third kappa shape index (κ3) is 3.21. The average molecular weight is 273 g/mol. The van der Waals surface area contributed by atoms with E-state index >= 15 is 0 Å². The number of carbonyl (C=O) groups is 1. The number of hydrogen-bond donors (Lipinski definition) is 1. The highest BCUT2D eigenvalue weighted by molar-refractivity contribution is 7.17. The van der Waals surface area contributed by atoms with Gasteiger partial charge in [-0.2, -0.15) is 0 Å². The predicted octanol–water partition coefficient (Wildman–Crippen LogP) is 2.62. The Morgan fingerprint density at radius 3 is 3.00 bits per heavy atom. The lowest BCUT2D eigenvalue weighted by atomic mass is 10.1. The van der Waals surface area contributed by atoms with Gasteiger partial charge in [0.2, 0.25) is 0 Å². The molecule has 2 heterocycles. The number of nitrogens with zero attached hydrogens (tertiary/aromatic N) is 1. The molecule has 17 heavy (non-hydrogen) atoms. The standard InChI is InChI=1S/C12H17ClN2OS/c1-15(9-3-2-7-14-8-6-9)12(16)10-4-5-11(13)17-10/h4-5,9,14H,2-3,6-8H2,1H3. The Kier molecular flexibility index (Phi) is 4.42. The van der Waals surface area contributed by atoms with Crippen molar-refractivity contribution in [2.45, 2.75) is 25.3 Å². The summed E-state index contributed by atoms with van der Waals surface area (Å²) in [4.78, 5) is 14.8. The Hall–Kier alpha value is -0.580. The summed E-state index contributed by atoms with van der Waals surface area (Å²) in [5.74, 6) is 0.0915. The summed E-state index contributed by atoms with van der Waals surface area (Å²) in [6.07, 6.45) is 3.24. The lowest BCUT2D eigenvalue weighted by Crippen LogP contribution is -2.37. The first-order valence-electron chi connectivity index (χ1n) is 5.91. The van der Waals surface area contributed by atoms with Crippen molar-refractivity contribution < 1.29 is 4.79 Å². The minimum absolute atomic E-state index is 0.0915. The highest BCUT2D eigenvalue weighted by Gasteiger charge is 2.22. The first-order chi connectivity index (χ1) is 8.18. The van der Waals surface area contributed by atoms with E-state index in [0.29, 0.717) is 10.4 Å². The zero-order valence-electron chi connectivity index (χ0n) is 9.91.